The zero-order valence-electron chi connectivity index (χ0n) is 7.55. The van der Waals surface area contributed by atoms with Gasteiger partial charge < -0.3 is 4.74 Å². The molecule has 0 N–H and O–H groups in total. The molecule has 0 fully saturated rings. The Morgan fingerprint density at radius 2 is 2.00 bits per heavy atom. The molecule has 2 heteroatoms. The number of carbonyl (C=O) groups excluding carboxylic acids is 1. The van der Waals surface area contributed by atoms with Crippen molar-refractivity contribution in [2.24, 2.45) is 0 Å². The predicted octanol–water partition coefficient (Wildman–Crippen LogP) is 2.23. The molecule has 0 aliphatic rings. The van der Waals surface area contributed by atoms with Gasteiger partial charge in [-0.2, -0.15) is 0 Å². The summed E-state index contributed by atoms with van der Waals surface area (Å²) in [6, 6.07) is 5.72. The fourth-order valence-corrected chi connectivity index (χ4v) is 1.07. The molecule has 2 nitrogen and oxygen atoms in total. The van der Waals surface area contributed by atoms with Crippen LogP contribution in [0.3, 0.4) is 0 Å². The van der Waals surface area contributed by atoms with E-state index in [0.717, 1.165) is 5.56 Å². The van der Waals surface area contributed by atoms with E-state index in [0.29, 0.717) is 5.75 Å². The monoisotopic (exact) mass is 164 g/mol. The molecular formula is C10H12O2. The van der Waals surface area contributed by atoms with Gasteiger partial charge >= 0.3 is 5.97 Å². The first-order chi connectivity index (χ1) is 5.59. The summed E-state index contributed by atoms with van der Waals surface area (Å²) < 4.78 is 4.96. The van der Waals surface area contributed by atoms with Crippen molar-refractivity contribution in [3.63, 3.8) is 0 Å². The van der Waals surface area contributed by atoms with Crippen LogP contribution in [0.1, 0.15) is 18.1 Å². The highest BCUT2D eigenvalue weighted by atomic mass is 16.5. The second-order valence-corrected chi connectivity index (χ2v) is 2.86. The van der Waals surface area contributed by atoms with E-state index in [1.54, 1.807) is 0 Å². The molecule has 0 aromatic heterocycles. The van der Waals surface area contributed by atoms with E-state index in [-0.39, 0.29) is 5.97 Å². The third-order valence-electron chi connectivity index (χ3n) is 1.58. The second kappa shape index (κ2) is 3.39. The number of ether oxygens (including phenoxy) is 1. The maximum absolute atomic E-state index is 10.6. The molecule has 1 aromatic rings. The van der Waals surface area contributed by atoms with Gasteiger partial charge in [0, 0.05) is 6.92 Å². The Bertz CT molecular complexity index is 303. The van der Waals surface area contributed by atoms with Crippen molar-refractivity contribution in [2.75, 3.05) is 0 Å². The molecule has 12 heavy (non-hydrogen) atoms. The van der Waals surface area contributed by atoms with E-state index in [4.69, 9.17) is 4.74 Å². The molecule has 0 aliphatic heterocycles. The van der Waals surface area contributed by atoms with E-state index < -0.39 is 0 Å². The number of carbonyl (C=O) groups is 1. The van der Waals surface area contributed by atoms with Gasteiger partial charge in [0.25, 0.3) is 0 Å². The van der Waals surface area contributed by atoms with Gasteiger partial charge in [0.05, 0.1) is 0 Å². The molecule has 0 amide bonds. The van der Waals surface area contributed by atoms with Gasteiger partial charge in [0.2, 0.25) is 0 Å². The lowest BCUT2D eigenvalue weighted by molar-refractivity contribution is -0.131. The molecule has 0 heterocycles. The molecule has 0 aliphatic carbocycles. The molecule has 0 saturated heterocycles. The maximum atomic E-state index is 10.6. The minimum absolute atomic E-state index is 0.276. The molecule has 0 radical (unpaired) electrons. The lowest BCUT2D eigenvalue weighted by Crippen LogP contribution is -2.02. The van der Waals surface area contributed by atoms with Gasteiger partial charge in [-0.1, -0.05) is 17.7 Å². The number of aryl methyl sites for hydroxylation is 2. The summed E-state index contributed by atoms with van der Waals surface area (Å²) in [7, 11) is 0. The summed E-state index contributed by atoms with van der Waals surface area (Å²) >= 11 is 0. The average Bonchev–Trinajstić information content (AvgIpc) is 1.94. The third kappa shape index (κ3) is 2.09. The van der Waals surface area contributed by atoms with E-state index in [9.17, 15) is 4.79 Å². The number of hydrogen-bond acceptors (Lipinski definition) is 2. The SMILES string of the molecule is CC(=O)Oc1ccc(C)cc1C. The van der Waals surface area contributed by atoms with Gasteiger partial charge in [-0.15, -0.1) is 0 Å². The summed E-state index contributed by atoms with van der Waals surface area (Å²) in [6.45, 7) is 5.33. The van der Waals surface area contributed by atoms with Crippen LogP contribution in [-0.4, -0.2) is 5.97 Å². The van der Waals surface area contributed by atoms with Crippen molar-refractivity contribution in [3.05, 3.63) is 29.3 Å². The van der Waals surface area contributed by atoms with Crippen LogP contribution in [-0.2, 0) is 4.79 Å². The average molecular weight is 164 g/mol. The normalized spacial score (nSPS) is 9.58. The molecule has 1 rings (SSSR count). The highest BCUT2D eigenvalue weighted by Gasteiger charge is 2.01. The summed E-state index contributed by atoms with van der Waals surface area (Å²) in [5.41, 5.74) is 2.16. The van der Waals surface area contributed by atoms with Crippen molar-refractivity contribution < 1.29 is 9.53 Å². The zero-order chi connectivity index (χ0) is 9.14. The third-order valence-corrected chi connectivity index (χ3v) is 1.58. The molecule has 0 bridgehead atoms. The number of rotatable bonds is 1. The highest BCUT2D eigenvalue weighted by Crippen LogP contribution is 2.18. The van der Waals surface area contributed by atoms with Crippen molar-refractivity contribution in [3.8, 4) is 5.75 Å². The van der Waals surface area contributed by atoms with Gasteiger partial charge in [0.15, 0.2) is 0 Å². The summed E-state index contributed by atoms with van der Waals surface area (Å²) in [4.78, 5) is 10.6. The zero-order valence-corrected chi connectivity index (χ0v) is 7.55. The van der Waals surface area contributed by atoms with Crippen molar-refractivity contribution >= 4 is 5.97 Å². The van der Waals surface area contributed by atoms with Gasteiger partial charge in [-0.05, 0) is 25.5 Å². The Balaban J connectivity index is 2.93. The Kier molecular flexibility index (Phi) is 2.48. The first-order valence-corrected chi connectivity index (χ1v) is 3.85. The van der Waals surface area contributed by atoms with Crippen LogP contribution in [0.15, 0.2) is 18.2 Å². The van der Waals surface area contributed by atoms with Crippen LogP contribution in [0.5, 0.6) is 5.75 Å². The molecule has 0 atom stereocenters. The number of hydrogen-bond donors (Lipinski definition) is 0. The van der Waals surface area contributed by atoms with Crippen LogP contribution in [0.25, 0.3) is 0 Å². The fourth-order valence-electron chi connectivity index (χ4n) is 1.07. The summed E-state index contributed by atoms with van der Waals surface area (Å²) in [5.74, 6) is 0.370. The Morgan fingerprint density at radius 3 is 2.50 bits per heavy atom. The fraction of sp³-hybridized carbons (Fsp3) is 0.300. The van der Waals surface area contributed by atoms with Crippen molar-refractivity contribution in [1.82, 2.24) is 0 Å². The van der Waals surface area contributed by atoms with Crippen LogP contribution in [0, 0.1) is 13.8 Å². The maximum Gasteiger partial charge on any atom is 0.308 e. The Morgan fingerprint density at radius 1 is 1.33 bits per heavy atom. The largest absolute Gasteiger partial charge is 0.426 e. The highest BCUT2D eigenvalue weighted by molar-refractivity contribution is 5.69. The molecule has 0 saturated carbocycles. The lowest BCUT2D eigenvalue weighted by atomic mass is 10.1. The van der Waals surface area contributed by atoms with Crippen molar-refractivity contribution in [1.29, 1.82) is 0 Å². The van der Waals surface area contributed by atoms with Gasteiger partial charge in [-0.3, -0.25) is 4.79 Å². The minimum atomic E-state index is -0.276. The number of benzene rings is 1. The van der Waals surface area contributed by atoms with Crippen LogP contribution in [0.2, 0.25) is 0 Å². The quantitative estimate of drug-likeness (QED) is 0.470. The first kappa shape index (κ1) is 8.78. The number of esters is 1. The van der Waals surface area contributed by atoms with Gasteiger partial charge in [-0.25, -0.2) is 0 Å². The Hall–Kier alpha value is -1.31. The molecular weight excluding hydrogens is 152 g/mol. The standard InChI is InChI=1S/C10H12O2/c1-7-4-5-10(8(2)6-7)12-9(3)11/h4-6H,1-3H3. The summed E-state index contributed by atoms with van der Waals surface area (Å²) in [5, 5.41) is 0. The van der Waals surface area contributed by atoms with Crippen molar-refractivity contribution in [2.45, 2.75) is 20.8 Å². The van der Waals surface area contributed by atoms with Gasteiger partial charge in [0.1, 0.15) is 5.75 Å². The van der Waals surface area contributed by atoms with E-state index in [1.807, 2.05) is 32.0 Å². The van der Waals surface area contributed by atoms with E-state index in [2.05, 4.69) is 0 Å². The van der Waals surface area contributed by atoms with Crippen LogP contribution < -0.4 is 4.74 Å². The predicted molar refractivity (Wildman–Crippen MR) is 47.2 cm³/mol. The lowest BCUT2D eigenvalue weighted by Gasteiger charge is -2.04. The molecule has 0 unspecified atom stereocenters. The van der Waals surface area contributed by atoms with E-state index >= 15 is 0 Å². The molecule has 1 aromatic carbocycles. The van der Waals surface area contributed by atoms with Crippen LogP contribution >= 0.6 is 0 Å². The molecule has 0 spiro atoms. The molecule has 64 valence electrons. The smallest absolute Gasteiger partial charge is 0.308 e. The van der Waals surface area contributed by atoms with E-state index in [1.165, 1.54) is 12.5 Å². The Labute approximate surface area is 72.2 Å². The van der Waals surface area contributed by atoms with Crippen LogP contribution in [0.4, 0.5) is 0 Å². The summed E-state index contributed by atoms with van der Waals surface area (Å²) in [6.07, 6.45) is 0. The first-order valence-electron chi connectivity index (χ1n) is 3.85. The topological polar surface area (TPSA) is 26.3 Å². The second-order valence-electron chi connectivity index (χ2n) is 2.86. The minimum Gasteiger partial charge on any atom is -0.426 e.